The van der Waals surface area contributed by atoms with E-state index < -0.39 is 7.14 Å². The standard InChI is InChI=1S/C40H28N3OP/c44-45(36-15-2-1-3-16-36)39-19-6-4-17-37(39)43(38-18-5-7-20-40(38)45)35-14-8-11-29(26-35)32-23-33(30-12-9-21-41-27-30)25-34(24-32)31-13-10-22-42-28-31/h1-28H. The van der Waals surface area contributed by atoms with Gasteiger partial charge >= 0.3 is 0 Å². The summed E-state index contributed by atoms with van der Waals surface area (Å²) >= 11 is 0. The molecule has 0 aliphatic carbocycles. The van der Waals surface area contributed by atoms with Gasteiger partial charge < -0.3 is 9.46 Å². The molecule has 4 nitrogen and oxygen atoms in total. The largest absolute Gasteiger partial charge is 0.309 e. The summed E-state index contributed by atoms with van der Waals surface area (Å²) in [6, 6.07) is 49.4. The first-order chi connectivity index (χ1) is 22.2. The van der Waals surface area contributed by atoms with E-state index in [1.54, 1.807) is 12.4 Å². The summed E-state index contributed by atoms with van der Waals surface area (Å²) in [6.07, 6.45) is 7.39. The molecule has 0 saturated carbocycles. The SMILES string of the molecule is O=P1(c2ccccc2)c2ccccc2N(c2cccc(-c3cc(-c4cccnc4)cc(-c4cccnc4)c3)c2)c2ccccc21. The molecule has 0 amide bonds. The molecule has 0 N–H and O–H groups in total. The first-order valence-electron chi connectivity index (χ1n) is 14.9. The van der Waals surface area contributed by atoms with Crippen LogP contribution < -0.4 is 20.8 Å². The average Bonchev–Trinajstić information content (AvgIpc) is 3.13. The van der Waals surface area contributed by atoms with Crippen LogP contribution in [-0.2, 0) is 4.57 Å². The van der Waals surface area contributed by atoms with Gasteiger partial charge in [-0.25, -0.2) is 0 Å². The maximum absolute atomic E-state index is 15.3. The molecule has 0 atom stereocenters. The van der Waals surface area contributed by atoms with Gasteiger partial charge in [0, 0.05) is 57.5 Å². The maximum Gasteiger partial charge on any atom is 0.175 e. The molecular weight excluding hydrogens is 569 g/mol. The van der Waals surface area contributed by atoms with Gasteiger partial charge in [-0.2, -0.15) is 0 Å². The molecule has 0 unspecified atom stereocenters. The molecule has 1 aliphatic rings. The van der Waals surface area contributed by atoms with Crippen molar-refractivity contribution in [1.82, 2.24) is 9.97 Å². The lowest BCUT2D eigenvalue weighted by Crippen LogP contribution is -2.36. The number of para-hydroxylation sites is 2. The van der Waals surface area contributed by atoms with Crippen LogP contribution in [0.4, 0.5) is 17.1 Å². The van der Waals surface area contributed by atoms with E-state index >= 15 is 4.57 Å². The zero-order valence-corrected chi connectivity index (χ0v) is 25.3. The minimum atomic E-state index is -3.11. The molecule has 0 radical (unpaired) electrons. The fourth-order valence-electron chi connectivity index (χ4n) is 6.31. The Kier molecular flexibility index (Phi) is 6.70. The van der Waals surface area contributed by atoms with Gasteiger partial charge in [-0.3, -0.25) is 9.97 Å². The van der Waals surface area contributed by atoms with E-state index in [1.807, 2.05) is 91.3 Å². The van der Waals surface area contributed by atoms with Gasteiger partial charge in [0.2, 0.25) is 0 Å². The lowest BCUT2D eigenvalue weighted by Gasteiger charge is -2.38. The third-order valence-corrected chi connectivity index (χ3v) is 11.5. The van der Waals surface area contributed by atoms with Gasteiger partial charge in [-0.05, 0) is 89.0 Å². The Morgan fingerprint density at radius 2 is 0.956 bits per heavy atom. The number of nitrogens with zero attached hydrogens (tertiary/aromatic N) is 3. The molecule has 0 bridgehead atoms. The predicted octanol–water partition coefficient (Wildman–Crippen LogP) is 8.90. The van der Waals surface area contributed by atoms with E-state index in [2.05, 4.69) is 81.6 Å². The number of fused-ring (bicyclic) bond motifs is 2. The van der Waals surface area contributed by atoms with Crippen molar-refractivity contribution >= 4 is 40.1 Å². The van der Waals surface area contributed by atoms with Crippen molar-refractivity contribution in [2.45, 2.75) is 0 Å². The van der Waals surface area contributed by atoms with E-state index in [1.165, 1.54) is 0 Å². The van der Waals surface area contributed by atoms with Crippen LogP contribution in [0.5, 0.6) is 0 Å². The Morgan fingerprint density at radius 3 is 1.51 bits per heavy atom. The molecule has 7 aromatic rings. The molecule has 45 heavy (non-hydrogen) atoms. The second kappa shape index (κ2) is 11.2. The Hall–Kier alpha value is -5.57. The fraction of sp³-hybridized carbons (Fsp3) is 0. The first-order valence-corrected chi connectivity index (χ1v) is 16.6. The molecule has 8 rings (SSSR count). The topological polar surface area (TPSA) is 46.1 Å². The van der Waals surface area contributed by atoms with E-state index in [0.717, 1.165) is 66.4 Å². The number of hydrogen-bond acceptors (Lipinski definition) is 4. The van der Waals surface area contributed by atoms with Crippen LogP contribution in [0.25, 0.3) is 33.4 Å². The Labute approximate surface area is 262 Å². The van der Waals surface area contributed by atoms with Gasteiger partial charge in [0.05, 0.1) is 11.4 Å². The number of anilines is 3. The molecule has 5 aromatic carbocycles. The molecule has 0 fully saturated rings. The molecule has 1 aliphatic heterocycles. The normalized spacial score (nSPS) is 13.1. The molecule has 2 aromatic heterocycles. The third kappa shape index (κ3) is 4.68. The molecule has 0 saturated heterocycles. The van der Waals surface area contributed by atoms with Crippen molar-refractivity contribution in [3.8, 4) is 33.4 Å². The molecule has 0 spiro atoms. The lowest BCUT2D eigenvalue weighted by molar-refractivity contribution is 0.592. The summed E-state index contributed by atoms with van der Waals surface area (Å²) in [5.74, 6) is 0. The van der Waals surface area contributed by atoms with Gasteiger partial charge in [-0.1, -0.05) is 78.9 Å². The highest BCUT2D eigenvalue weighted by Gasteiger charge is 2.40. The number of hydrogen-bond donors (Lipinski definition) is 0. The van der Waals surface area contributed by atoms with Crippen LogP contribution in [0.2, 0.25) is 0 Å². The van der Waals surface area contributed by atoms with Crippen LogP contribution in [0, 0.1) is 0 Å². The summed E-state index contributed by atoms with van der Waals surface area (Å²) in [5, 5.41) is 2.53. The van der Waals surface area contributed by atoms with Crippen molar-refractivity contribution in [2.24, 2.45) is 0 Å². The molecule has 3 heterocycles. The van der Waals surface area contributed by atoms with E-state index in [-0.39, 0.29) is 0 Å². The highest BCUT2D eigenvalue weighted by Crippen LogP contribution is 2.54. The number of benzene rings is 5. The van der Waals surface area contributed by atoms with Gasteiger partial charge in [-0.15, -0.1) is 0 Å². The highest BCUT2D eigenvalue weighted by molar-refractivity contribution is 7.86. The van der Waals surface area contributed by atoms with Crippen LogP contribution >= 0.6 is 7.14 Å². The van der Waals surface area contributed by atoms with Crippen molar-refractivity contribution < 1.29 is 4.57 Å². The number of aromatic nitrogens is 2. The summed E-state index contributed by atoms with van der Waals surface area (Å²) < 4.78 is 15.3. The maximum atomic E-state index is 15.3. The average molecular weight is 598 g/mol. The van der Waals surface area contributed by atoms with Crippen molar-refractivity contribution in [3.63, 3.8) is 0 Å². The second-order valence-electron chi connectivity index (χ2n) is 11.1. The highest BCUT2D eigenvalue weighted by atomic mass is 31.2. The van der Waals surface area contributed by atoms with Crippen molar-refractivity contribution in [1.29, 1.82) is 0 Å². The Balaban J connectivity index is 1.31. The smallest absolute Gasteiger partial charge is 0.175 e. The van der Waals surface area contributed by atoms with Crippen molar-refractivity contribution in [3.05, 3.63) is 170 Å². The minimum Gasteiger partial charge on any atom is -0.309 e. The summed E-state index contributed by atoms with van der Waals surface area (Å²) in [4.78, 5) is 11.0. The van der Waals surface area contributed by atoms with Crippen LogP contribution in [0.1, 0.15) is 0 Å². The van der Waals surface area contributed by atoms with Crippen LogP contribution in [0.3, 0.4) is 0 Å². The van der Waals surface area contributed by atoms with Crippen LogP contribution in [-0.4, -0.2) is 9.97 Å². The summed E-state index contributed by atoms with van der Waals surface area (Å²) in [6.45, 7) is 0. The lowest BCUT2D eigenvalue weighted by atomic mass is 9.94. The zero-order valence-electron chi connectivity index (χ0n) is 24.4. The quantitative estimate of drug-likeness (QED) is 0.186. The third-order valence-electron chi connectivity index (χ3n) is 8.40. The molecular formula is C40H28N3OP. The van der Waals surface area contributed by atoms with Gasteiger partial charge in [0.1, 0.15) is 0 Å². The predicted molar refractivity (Wildman–Crippen MR) is 186 cm³/mol. The fourth-order valence-corrected chi connectivity index (χ4v) is 9.31. The van der Waals surface area contributed by atoms with Crippen molar-refractivity contribution in [2.75, 3.05) is 4.90 Å². The Bertz CT molecular complexity index is 2090. The monoisotopic (exact) mass is 597 g/mol. The molecule has 5 heteroatoms. The van der Waals surface area contributed by atoms with E-state index in [4.69, 9.17) is 0 Å². The first kappa shape index (κ1) is 27.0. The van der Waals surface area contributed by atoms with Gasteiger partial charge in [0.15, 0.2) is 7.14 Å². The van der Waals surface area contributed by atoms with E-state index in [0.29, 0.717) is 0 Å². The Morgan fingerprint density at radius 1 is 0.444 bits per heavy atom. The van der Waals surface area contributed by atoms with E-state index in [9.17, 15) is 0 Å². The minimum absolute atomic E-state index is 0.841. The molecule has 214 valence electrons. The summed E-state index contributed by atoms with van der Waals surface area (Å²) in [7, 11) is -3.11. The number of pyridine rings is 2. The zero-order chi connectivity index (χ0) is 30.2. The number of rotatable bonds is 5. The summed E-state index contributed by atoms with van der Waals surface area (Å²) in [5.41, 5.74) is 9.31. The van der Waals surface area contributed by atoms with Gasteiger partial charge in [0.25, 0.3) is 0 Å². The van der Waals surface area contributed by atoms with Crippen LogP contribution in [0.15, 0.2) is 170 Å². The second-order valence-corrected chi connectivity index (χ2v) is 13.8.